The zero-order valence-electron chi connectivity index (χ0n) is 11.1. The van der Waals surface area contributed by atoms with Crippen LogP contribution in [0.25, 0.3) is 0 Å². The smallest absolute Gasteiger partial charge is 0.342 e. The lowest BCUT2D eigenvalue weighted by Crippen LogP contribution is -2.31. The average molecular weight is 280 g/mol. The van der Waals surface area contributed by atoms with Gasteiger partial charge in [-0.1, -0.05) is 48.5 Å². The standard InChI is InChI=1S/C17H12O4/c18-15-10-14(11-6-2-1-3-7-11)17(20-15)13-9-5-4-8-12(13)16(19)21-17/h1-9,14H,10H2/t14-,17-/m1/s1. The van der Waals surface area contributed by atoms with E-state index >= 15 is 0 Å². The summed E-state index contributed by atoms with van der Waals surface area (Å²) < 4.78 is 11.0. The van der Waals surface area contributed by atoms with Crippen LogP contribution in [0.4, 0.5) is 0 Å². The molecule has 1 fully saturated rings. The van der Waals surface area contributed by atoms with Crippen molar-refractivity contribution in [3.05, 3.63) is 71.3 Å². The quantitative estimate of drug-likeness (QED) is 0.754. The lowest BCUT2D eigenvalue weighted by molar-refractivity contribution is -0.193. The molecule has 1 spiro atoms. The van der Waals surface area contributed by atoms with E-state index in [9.17, 15) is 9.59 Å². The molecule has 2 aromatic rings. The lowest BCUT2D eigenvalue weighted by Gasteiger charge is -2.28. The third kappa shape index (κ3) is 1.62. The van der Waals surface area contributed by atoms with Gasteiger partial charge in [0.25, 0.3) is 5.79 Å². The molecule has 0 N–H and O–H groups in total. The summed E-state index contributed by atoms with van der Waals surface area (Å²) in [6.45, 7) is 0. The number of hydrogen-bond donors (Lipinski definition) is 0. The predicted octanol–water partition coefficient (Wildman–Crippen LogP) is 2.74. The average Bonchev–Trinajstić information content (AvgIpc) is 2.99. The third-order valence-corrected chi connectivity index (χ3v) is 4.06. The summed E-state index contributed by atoms with van der Waals surface area (Å²) >= 11 is 0. The van der Waals surface area contributed by atoms with E-state index in [1.54, 1.807) is 18.2 Å². The zero-order chi connectivity index (χ0) is 14.4. The second-order valence-corrected chi connectivity index (χ2v) is 5.24. The predicted molar refractivity (Wildman–Crippen MR) is 73.4 cm³/mol. The van der Waals surface area contributed by atoms with Gasteiger partial charge in [-0.25, -0.2) is 4.79 Å². The van der Waals surface area contributed by atoms with Crippen LogP contribution in [0.2, 0.25) is 0 Å². The van der Waals surface area contributed by atoms with Crippen molar-refractivity contribution in [1.29, 1.82) is 0 Å². The normalized spacial score (nSPS) is 26.6. The number of ether oxygens (including phenoxy) is 2. The van der Waals surface area contributed by atoms with Gasteiger partial charge in [-0.3, -0.25) is 4.79 Å². The number of rotatable bonds is 1. The van der Waals surface area contributed by atoms with Crippen molar-refractivity contribution in [3.8, 4) is 0 Å². The Balaban J connectivity index is 1.90. The Morgan fingerprint density at radius 3 is 2.43 bits per heavy atom. The fraction of sp³-hybridized carbons (Fsp3) is 0.176. The van der Waals surface area contributed by atoms with Crippen molar-refractivity contribution in [2.45, 2.75) is 18.1 Å². The Morgan fingerprint density at radius 2 is 1.62 bits per heavy atom. The molecule has 21 heavy (non-hydrogen) atoms. The Kier molecular flexibility index (Phi) is 2.42. The van der Waals surface area contributed by atoms with Crippen molar-refractivity contribution in [3.63, 3.8) is 0 Å². The first kappa shape index (κ1) is 12.1. The van der Waals surface area contributed by atoms with Crippen molar-refractivity contribution in [2.75, 3.05) is 0 Å². The molecule has 0 saturated carbocycles. The van der Waals surface area contributed by atoms with Gasteiger partial charge in [0.1, 0.15) is 0 Å². The molecule has 0 aromatic heterocycles. The highest BCUT2D eigenvalue weighted by Gasteiger charge is 2.59. The van der Waals surface area contributed by atoms with Gasteiger partial charge in [0.05, 0.1) is 23.5 Å². The SMILES string of the molecule is O=C1C[C@H](c2ccccc2)[C@]2(O1)OC(=O)c1ccccc12. The molecular weight excluding hydrogens is 268 g/mol. The maximum Gasteiger partial charge on any atom is 0.342 e. The highest BCUT2D eigenvalue weighted by atomic mass is 16.7. The maximum absolute atomic E-state index is 12.1. The van der Waals surface area contributed by atoms with Gasteiger partial charge >= 0.3 is 11.9 Å². The molecule has 1 saturated heterocycles. The van der Waals surface area contributed by atoms with Crippen LogP contribution in [0.5, 0.6) is 0 Å². The molecule has 4 heteroatoms. The largest absolute Gasteiger partial charge is 0.417 e. The second kappa shape index (κ2) is 4.19. The Bertz CT molecular complexity index is 737. The summed E-state index contributed by atoms with van der Waals surface area (Å²) in [5, 5.41) is 0. The minimum atomic E-state index is -1.31. The van der Waals surface area contributed by atoms with E-state index in [-0.39, 0.29) is 18.3 Å². The van der Waals surface area contributed by atoms with E-state index in [4.69, 9.17) is 9.47 Å². The number of benzene rings is 2. The van der Waals surface area contributed by atoms with E-state index in [1.165, 1.54) is 0 Å². The molecule has 4 rings (SSSR count). The van der Waals surface area contributed by atoms with Crippen molar-refractivity contribution in [2.24, 2.45) is 0 Å². The van der Waals surface area contributed by atoms with Crippen LogP contribution in [0.3, 0.4) is 0 Å². The van der Waals surface area contributed by atoms with Gasteiger partial charge in [0.2, 0.25) is 0 Å². The maximum atomic E-state index is 12.1. The van der Waals surface area contributed by atoms with E-state index in [2.05, 4.69) is 0 Å². The van der Waals surface area contributed by atoms with Gasteiger partial charge in [-0.15, -0.1) is 0 Å². The van der Waals surface area contributed by atoms with Gasteiger partial charge in [0.15, 0.2) is 0 Å². The number of hydrogen-bond acceptors (Lipinski definition) is 4. The summed E-state index contributed by atoms with van der Waals surface area (Å²) in [6, 6.07) is 16.6. The first-order valence-corrected chi connectivity index (χ1v) is 6.80. The molecule has 0 bridgehead atoms. The number of carbonyl (C=O) groups excluding carboxylic acids is 2. The summed E-state index contributed by atoms with van der Waals surface area (Å²) in [6.07, 6.45) is 0.200. The van der Waals surface area contributed by atoms with Crippen LogP contribution in [0, 0.1) is 0 Å². The van der Waals surface area contributed by atoms with Crippen molar-refractivity contribution < 1.29 is 19.1 Å². The van der Waals surface area contributed by atoms with Crippen LogP contribution >= 0.6 is 0 Å². The molecule has 2 atom stereocenters. The van der Waals surface area contributed by atoms with Crippen molar-refractivity contribution >= 4 is 11.9 Å². The summed E-state index contributed by atoms with van der Waals surface area (Å²) in [7, 11) is 0. The van der Waals surface area contributed by atoms with E-state index < -0.39 is 11.8 Å². The van der Waals surface area contributed by atoms with Crippen LogP contribution in [0.1, 0.15) is 33.8 Å². The van der Waals surface area contributed by atoms with Crippen molar-refractivity contribution in [1.82, 2.24) is 0 Å². The molecule has 0 unspecified atom stereocenters. The van der Waals surface area contributed by atoms with E-state index in [1.807, 2.05) is 36.4 Å². The second-order valence-electron chi connectivity index (χ2n) is 5.24. The fourth-order valence-corrected chi connectivity index (χ4v) is 3.15. The van der Waals surface area contributed by atoms with Crippen LogP contribution < -0.4 is 0 Å². The third-order valence-electron chi connectivity index (χ3n) is 4.06. The monoisotopic (exact) mass is 280 g/mol. The number of carbonyl (C=O) groups is 2. The first-order chi connectivity index (χ1) is 10.2. The number of fused-ring (bicyclic) bond motifs is 2. The van der Waals surface area contributed by atoms with E-state index in [0.717, 1.165) is 5.56 Å². The van der Waals surface area contributed by atoms with Crippen LogP contribution in [-0.2, 0) is 20.1 Å². The fourth-order valence-electron chi connectivity index (χ4n) is 3.15. The van der Waals surface area contributed by atoms with E-state index in [0.29, 0.717) is 11.1 Å². The topological polar surface area (TPSA) is 52.6 Å². The molecule has 2 aliphatic rings. The molecular formula is C17H12O4. The molecule has 0 amide bonds. The van der Waals surface area contributed by atoms with Crippen LogP contribution in [0.15, 0.2) is 54.6 Å². The molecule has 104 valence electrons. The first-order valence-electron chi connectivity index (χ1n) is 6.80. The summed E-state index contributed by atoms with van der Waals surface area (Å²) in [5.41, 5.74) is 2.02. The number of esters is 2. The molecule has 2 aromatic carbocycles. The lowest BCUT2D eigenvalue weighted by atomic mass is 9.85. The summed E-state index contributed by atoms with van der Waals surface area (Å²) in [5.74, 6) is -2.43. The Labute approximate surface area is 121 Å². The summed E-state index contributed by atoms with van der Waals surface area (Å²) in [4.78, 5) is 24.0. The molecule has 4 nitrogen and oxygen atoms in total. The minimum absolute atomic E-state index is 0.200. The highest BCUT2D eigenvalue weighted by Crippen LogP contribution is 2.52. The minimum Gasteiger partial charge on any atom is -0.417 e. The molecule has 0 aliphatic carbocycles. The molecule has 2 aliphatic heterocycles. The van der Waals surface area contributed by atoms with Gasteiger partial charge in [0, 0.05) is 0 Å². The van der Waals surface area contributed by atoms with Gasteiger partial charge < -0.3 is 9.47 Å². The Morgan fingerprint density at radius 1 is 0.905 bits per heavy atom. The molecule has 2 heterocycles. The Hall–Kier alpha value is -2.62. The van der Waals surface area contributed by atoms with Crippen LogP contribution in [-0.4, -0.2) is 11.9 Å². The molecule has 0 radical (unpaired) electrons. The van der Waals surface area contributed by atoms with Gasteiger partial charge in [-0.2, -0.15) is 0 Å². The zero-order valence-corrected chi connectivity index (χ0v) is 11.1. The van der Waals surface area contributed by atoms with Gasteiger partial charge in [-0.05, 0) is 11.6 Å². The highest BCUT2D eigenvalue weighted by molar-refractivity contribution is 5.95.